The van der Waals surface area contributed by atoms with Gasteiger partial charge in [-0.2, -0.15) is 0 Å². The van der Waals surface area contributed by atoms with Gasteiger partial charge in [-0.1, -0.05) is 40.2 Å². The van der Waals surface area contributed by atoms with E-state index in [1.165, 1.54) is 0 Å². The summed E-state index contributed by atoms with van der Waals surface area (Å²) in [6.45, 7) is 2.43. The highest BCUT2D eigenvalue weighted by molar-refractivity contribution is 9.10. The van der Waals surface area contributed by atoms with E-state index in [1.54, 1.807) is 19.2 Å². The maximum absolute atomic E-state index is 12.1. The molecule has 0 aliphatic rings. The molecule has 0 saturated heterocycles. The minimum atomic E-state index is -0.112. The quantitative estimate of drug-likeness (QED) is 0.926. The third kappa shape index (κ3) is 3.39. The fraction of sp³-hybridized carbons (Fsp3) is 0.188. The number of carbonyl (C=O) groups excluding carboxylic acids is 1. The van der Waals surface area contributed by atoms with Crippen LogP contribution >= 0.6 is 15.9 Å². The Kier molecular flexibility index (Phi) is 4.79. The number of halogens is 1. The fourth-order valence-corrected chi connectivity index (χ4v) is 2.31. The third-order valence-electron chi connectivity index (χ3n) is 3.07. The number of rotatable bonds is 4. The molecule has 0 atom stereocenters. The molecule has 1 amide bonds. The summed E-state index contributed by atoms with van der Waals surface area (Å²) in [5.74, 6) is 0.609. The van der Waals surface area contributed by atoms with Gasteiger partial charge >= 0.3 is 0 Å². The fourth-order valence-electron chi connectivity index (χ4n) is 1.88. The second kappa shape index (κ2) is 6.57. The van der Waals surface area contributed by atoms with Crippen LogP contribution in [0.2, 0.25) is 0 Å². The van der Waals surface area contributed by atoms with E-state index in [4.69, 9.17) is 4.74 Å². The Morgan fingerprint density at radius 2 is 2.00 bits per heavy atom. The molecule has 0 aliphatic heterocycles. The lowest BCUT2D eigenvalue weighted by Gasteiger charge is -2.09. The van der Waals surface area contributed by atoms with Crippen LogP contribution in [0, 0.1) is 6.92 Å². The van der Waals surface area contributed by atoms with Gasteiger partial charge < -0.3 is 10.1 Å². The number of methoxy groups -OCH3 is 1. The minimum absolute atomic E-state index is 0.112. The van der Waals surface area contributed by atoms with E-state index < -0.39 is 0 Å². The van der Waals surface area contributed by atoms with Crippen molar-refractivity contribution in [1.29, 1.82) is 0 Å². The third-order valence-corrected chi connectivity index (χ3v) is 3.84. The number of hydrogen-bond donors (Lipinski definition) is 1. The average Bonchev–Trinajstić information content (AvgIpc) is 2.46. The van der Waals surface area contributed by atoms with E-state index in [2.05, 4.69) is 21.2 Å². The molecule has 2 aromatic rings. The molecule has 2 rings (SSSR count). The van der Waals surface area contributed by atoms with Crippen molar-refractivity contribution < 1.29 is 9.53 Å². The van der Waals surface area contributed by atoms with Crippen molar-refractivity contribution in [1.82, 2.24) is 5.32 Å². The van der Waals surface area contributed by atoms with Gasteiger partial charge in [0.1, 0.15) is 5.75 Å². The van der Waals surface area contributed by atoms with Crippen LogP contribution in [0.15, 0.2) is 46.9 Å². The van der Waals surface area contributed by atoms with Crippen molar-refractivity contribution in [2.75, 3.05) is 7.11 Å². The van der Waals surface area contributed by atoms with Gasteiger partial charge in [0, 0.05) is 16.6 Å². The van der Waals surface area contributed by atoms with Crippen molar-refractivity contribution in [3.05, 3.63) is 63.6 Å². The second-order valence-corrected chi connectivity index (χ2v) is 5.31. The van der Waals surface area contributed by atoms with Crippen LogP contribution in [-0.4, -0.2) is 13.0 Å². The molecule has 20 heavy (non-hydrogen) atoms. The molecular formula is C16H16BrNO2. The minimum Gasteiger partial charge on any atom is -0.496 e. The average molecular weight is 334 g/mol. The van der Waals surface area contributed by atoms with Gasteiger partial charge in [0.15, 0.2) is 0 Å². The lowest BCUT2D eigenvalue weighted by molar-refractivity contribution is 0.0950. The van der Waals surface area contributed by atoms with Gasteiger partial charge in [0.25, 0.3) is 5.91 Å². The highest BCUT2D eigenvalue weighted by Crippen LogP contribution is 2.19. The van der Waals surface area contributed by atoms with Gasteiger partial charge in [0.05, 0.1) is 7.11 Å². The zero-order valence-electron chi connectivity index (χ0n) is 11.4. The standard InChI is InChI=1S/C16H16BrNO2/c1-11-7-8-12(9-15(11)20-2)16(19)18-10-13-5-3-4-6-14(13)17/h3-9H,10H2,1-2H3,(H,18,19). The van der Waals surface area contributed by atoms with Gasteiger partial charge in [0.2, 0.25) is 0 Å². The molecule has 0 unspecified atom stereocenters. The molecule has 0 bridgehead atoms. The summed E-state index contributed by atoms with van der Waals surface area (Å²) < 4.78 is 6.22. The lowest BCUT2D eigenvalue weighted by atomic mass is 10.1. The Morgan fingerprint density at radius 1 is 1.25 bits per heavy atom. The lowest BCUT2D eigenvalue weighted by Crippen LogP contribution is -2.23. The van der Waals surface area contributed by atoms with E-state index in [1.807, 2.05) is 37.3 Å². The SMILES string of the molecule is COc1cc(C(=O)NCc2ccccc2Br)ccc1C. The zero-order chi connectivity index (χ0) is 14.5. The molecular weight excluding hydrogens is 318 g/mol. The molecule has 1 N–H and O–H groups in total. The Morgan fingerprint density at radius 3 is 2.70 bits per heavy atom. The predicted octanol–water partition coefficient (Wildman–Crippen LogP) is 3.70. The highest BCUT2D eigenvalue weighted by atomic mass is 79.9. The summed E-state index contributed by atoms with van der Waals surface area (Å²) in [5, 5.41) is 2.90. The number of nitrogens with one attached hydrogen (secondary N) is 1. The maximum atomic E-state index is 12.1. The Labute approximate surface area is 127 Å². The van der Waals surface area contributed by atoms with E-state index in [-0.39, 0.29) is 5.91 Å². The van der Waals surface area contributed by atoms with Gasteiger partial charge in [-0.3, -0.25) is 4.79 Å². The van der Waals surface area contributed by atoms with Crippen molar-refractivity contribution in [2.45, 2.75) is 13.5 Å². The molecule has 4 heteroatoms. The first-order valence-electron chi connectivity index (χ1n) is 6.28. The summed E-state index contributed by atoms with van der Waals surface area (Å²) in [5.41, 5.74) is 2.65. The van der Waals surface area contributed by atoms with Gasteiger partial charge in [-0.05, 0) is 36.2 Å². The molecule has 0 fully saturated rings. The second-order valence-electron chi connectivity index (χ2n) is 4.46. The first-order chi connectivity index (χ1) is 9.61. The first-order valence-corrected chi connectivity index (χ1v) is 7.07. The van der Waals surface area contributed by atoms with Gasteiger partial charge in [-0.15, -0.1) is 0 Å². The Balaban J connectivity index is 2.07. The van der Waals surface area contributed by atoms with Crippen molar-refractivity contribution in [2.24, 2.45) is 0 Å². The number of carbonyl (C=O) groups is 1. The largest absolute Gasteiger partial charge is 0.496 e. The molecule has 0 radical (unpaired) electrons. The predicted molar refractivity (Wildman–Crippen MR) is 83.0 cm³/mol. The highest BCUT2D eigenvalue weighted by Gasteiger charge is 2.09. The Bertz CT molecular complexity index is 626. The molecule has 3 nitrogen and oxygen atoms in total. The Hall–Kier alpha value is -1.81. The summed E-state index contributed by atoms with van der Waals surface area (Å²) in [7, 11) is 1.60. The topological polar surface area (TPSA) is 38.3 Å². The van der Waals surface area contributed by atoms with Crippen molar-refractivity contribution in [3.8, 4) is 5.75 Å². The zero-order valence-corrected chi connectivity index (χ0v) is 13.0. The summed E-state index contributed by atoms with van der Waals surface area (Å²) >= 11 is 3.46. The number of benzene rings is 2. The molecule has 2 aromatic carbocycles. The van der Waals surface area contributed by atoms with Crippen LogP contribution in [0.3, 0.4) is 0 Å². The number of hydrogen-bond acceptors (Lipinski definition) is 2. The van der Waals surface area contributed by atoms with E-state index in [9.17, 15) is 4.79 Å². The molecule has 0 heterocycles. The van der Waals surface area contributed by atoms with Crippen LogP contribution in [-0.2, 0) is 6.54 Å². The van der Waals surface area contributed by atoms with E-state index >= 15 is 0 Å². The maximum Gasteiger partial charge on any atom is 0.251 e. The number of aryl methyl sites for hydroxylation is 1. The monoisotopic (exact) mass is 333 g/mol. The van der Waals surface area contributed by atoms with Crippen LogP contribution in [0.4, 0.5) is 0 Å². The van der Waals surface area contributed by atoms with E-state index in [0.717, 1.165) is 21.3 Å². The first kappa shape index (κ1) is 14.6. The van der Waals surface area contributed by atoms with E-state index in [0.29, 0.717) is 12.1 Å². The van der Waals surface area contributed by atoms with Crippen LogP contribution in [0.25, 0.3) is 0 Å². The van der Waals surface area contributed by atoms with Gasteiger partial charge in [-0.25, -0.2) is 0 Å². The summed E-state index contributed by atoms with van der Waals surface area (Å²) in [4.78, 5) is 12.1. The molecule has 0 aromatic heterocycles. The van der Waals surface area contributed by atoms with Crippen LogP contribution in [0.1, 0.15) is 21.5 Å². The molecule has 0 spiro atoms. The molecule has 0 saturated carbocycles. The summed E-state index contributed by atoms with van der Waals surface area (Å²) in [6.07, 6.45) is 0. The number of amides is 1. The molecule has 104 valence electrons. The van der Waals surface area contributed by atoms with Crippen molar-refractivity contribution in [3.63, 3.8) is 0 Å². The molecule has 0 aliphatic carbocycles. The van der Waals surface area contributed by atoms with Crippen LogP contribution in [0.5, 0.6) is 5.75 Å². The van der Waals surface area contributed by atoms with Crippen LogP contribution < -0.4 is 10.1 Å². The van der Waals surface area contributed by atoms with Crippen molar-refractivity contribution >= 4 is 21.8 Å². The normalized spacial score (nSPS) is 10.2. The number of ether oxygens (including phenoxy) is 1. The smallest absolute Gasteiger partial charge is 0.251 e. The summed E-state index contributed by atoms with van der Waals surface area (Å²) in [6, 6.07) is 13.3.